The largest absolute Gasteiger partial charge is 0.443 e. The summed E-state index contributed by atoms with van der Waals surface area (Å²) in [4.78, 5) is 0. The molecule has 0 spiro atoms. The van der Waals surface area contributed by atoms with Crippen LogP contribution in [0.2, 0.25) is 0 Å². The lowest BCUT2D eigenvalue weighted by molar-refractivity contribution is -0.288. The second-order valence-corrected chi connectivity index (χ2v) is 7.63. The number of halogens is 1. The smallest absolute Gasteiger partial charge is 0.244 e. The van der Waals surface area contributed by atoms with Gasteiger partial charge in [-0.1, -0.05) is 31.2 Å². The van der Waals surface area contributed by atoms with Gasteiger partial charge in [0.05, 0.1) is 24.1 Å². The molecule has 2 aliphatic rings. The number of hydrogen-bond donors (Lipinski definition) is 1. The molecule has 4 unspecified atom stereocenters. The summed E-state index contributed by atoms with van der Waals surface area (Å²) in [5, 5.41) is 39.2. The van der Waals surface area contributed by atoms with Gasteiger partial charge in [0.25, 0.3) is 0 Å². The van der Waals surface area contributed by atoms with Crippen LogP contribution in [0.5, 0.6) is 0 Å². The molecule has 4 atom stereocenters. The standard InChI is InChI=1S/C23H17FN4O2/c1-14-5-3-4-6-18(14)19-21(11-25,12-26)22(13-27)15(2)23(29-19,30-20(22)28)16-7-9-17(24)10-8-16/h3-10,15,19,28H,1-2H3. The lowest BCUT2D eigenvalue weighted by Gasteiger charge is -2.49. The molecule has 2 heterocycles. The van der Waals surface area contributed by atoms with E-state index in [1.54, 1.807) is 19.1 Å². The van der Waals surface area contributed by atoms with Crippen molar-refractivity contribution in [2.24, 2.45) is 16.7 Å². The number of ether oxygens (including phenoxy) is 2. The van der Waals surface area contributed by atoms with E-state index in [2.05, 4.69) is 6.07 Å². The summed E-state index contributed by atoms with van der Waals surface area (Å²) >= 11 is 0. The predicted octanol–water partition coefficient (Wildman–Crippen LogP) is 4.25. The minimum atomic E-state index is -2.02. The zero-order chi connectivity index (χ0) is 21.7. The highest BCUT2D eigenvalue weighted by molar-refractivity contribution is 5.89. The summed E-state index contributed by atoms with van der Waals surface area (Å²) in [7, 11) is 0. The van der Waals surface area contributed by atoms with Gasteiger partial charge in [0.2, 0.25) is 17.1 Å². The van der Waals surface area contributed by atoms with Gasteiger partial charge in [-0.3, -0.25) is 5.41 Å². The second-order valence-electron chi connectivity index (χ2n) is 7.63. The van der Waals surface area contributed by atoms with Crippen LogP contribution < -0.4 is 0 Å². The maximum absolute atomic E-state index is 13.6. The van der Waals surface area contributed by atoms with Gasteiger partial charge in [-0.2, -0.15) is 15.8 Å². The van der Waals surface area contributed by atoms with E-state index in [1.165, 1.54) is 24.3 Å². The van der Waals surface area contributed by atoms with E-state index in [1.807, 2.05) is 31.2 Å². The first-order valence-electron chi connectivity index (χ1n) is 9.34. The van der Waals surface area contributed by atoms with Gasteiger partial charge in [0, 0.05) is 5.56 Å². The minimum Gasteiger partial charge on any atom is -0.443 e. The third-order valence-corrected chi connectivity index (χ3v) is 6.39. The Labute approximate surface area is 173 Å². The van der Waals surface area contributed by atoms with Crippen molar-refractivity contribution in [3.8, 4) is 18.2 Å². The number of hydrogen-bond acceptors (Lipinski definition) is 6. The summed E-state index contributed by atoms with van der Waals surface area (Å²) in [6.45, 7) is 3.43. The van der Waals surface area contributed by atoms with Crippen molar-refractivity contribution in [2.75, 3.05) is 0 Å². The molecule has 0 amide bonds. The number of rotatable bonds is 2. The van der Waals surface area contributed by atoms with Crippen LogP contribution in [0.3, 0.4) is 0 Å². The first-order chi connectivity index (χ1) is 14.3. The maximum atomic E-state index is 13.6. The van der Waals surface area contributed by atoms with E-state index in [4.69, 9.17) is 14.9 Å². The fourth-order valence-corrected chi connectivity index (χ4v) is 4.71. The Morgan fingerprint density at radius 1 is 1.00 bits per heavy atom. The molecule has 2 bridgehead atoms. The van der Waals surface area contributed by atoms with Gasteiger partial charge in [-0.05, 0) is 42.3 Å². The number of benzene rings is 2. The number of fused-ring (bicyclic) bond motifs is 2. The van der Waals surface area contributed by atoms with Gasteiger partial charge >= 0.3 is 0 Å². The Morgan fingerprint density at radius 3 is 2.20 bits per heavy atom. The minimum absolute atomic E-state index is 0.404. The summed E-state index contributed by atoms with van der Waals surface area (Å²) in [5.74, 6) is -3.46. The molecule has 0 aliphatic carbocycles. The topological polar surface area (TPSA) is 114 Å². The normalized spacial score (nSPS) is 31.1. The molecule has 30 heavy (non-hydrogen) atoms. The maximum Gasteiger partial charge on any atom is 0.244 e. The van der Waals surface area contributed by atoms with Crippen molar-refractivity contribution >= 4 is 5.90 Å². The monoisotopic (exact) mass is 400 g/mol. The SMILES string of the molecule is Cc1ccccc1C1OC2(c3ccc(F)cc3)OC(=N)C(C#N)(C2C)C1(C#N)C#N. The van der Waals surface area contributed by atoms with Crippen LogP contribution in [0.4, 0.5) is 4.39 Å². The fraction of sp³-hybridized carbons (Fsp3) is 0.304. The van der Waals surface area contributed by atoms with E-state index < -0.39 is 40.4 Å². The lowest BCUT2D eigenvalue weighted by Crippen LogP contribution is -2.57. The molecule has 2 aromatic carbocycles. The number of nitrogens with one attached hydrogen (secondary N) is 1. The molecule has 148 valence electrons. The van der Waals surface area contributed by atoms with Crippen molar-refractivity contribution in [1.82, 2.24) is 0 Å². The van der Waals surface area contributed by atoms with E-state index in [0.717, 1.165) is 5.56 Å². The molecule has 0 aromatic heterocycles. The van der Waals surface area contributed by atoms with Crippen molar-refractivity contribution < 1.29 is 13.9 Å². The number of nitriles is 3. The average Bonchev–Trinajstić information content (AvgIpc) is 2.91. The van der Waals surface area contributed by atoms with Crippen LogP contribution in [-0.4, -0.2) is 5.90 Å². The Balaban J connectivity index is 2.06. The Bertz CT molecular complexity index is 1160. The molecule has 2 saturated heterocycles. The zero-order valence-corrected chi connectivity index (χ0v) is 16.3. The van der Waals surface area contributed by atoms with Crippen LogP contribution in [-0.2, 0) is 15.3 Å². The summed E-state index contributed by atoms with van der Waals surface area (Å²) in [5.41, 5.74) is -2.18. The van der Waals surface area contributed by atoms with Gasteiger partial charge in [-0.15, -0.1) is 0 Å². The molecule has 4 rings (SSSR count). The average molecular weight is 400 g/mol. The van der Waals surface area contributed by atoms with Crippen molar-refractivity contribution in [2.45, 2.75) is 25.7 Å². The lowest BCUT2D eigenvalue weighted by atomic mass is 9.53. The Kier molecular flexibility index (Phi) is 4.17. The van der Waals surface area contributed by atoms with Crippen LogP contribution in [0, 0.1) is 68.9 Å². The van der Waals surface area contributed by atoms with Crippen molar-refractivity contribution in [1.29, 1.82) is 21.2 Å². The Hall–Kier alpha value is -3.73. The second kappa shape index (κ2) is 6.39. The van der Waals surface area contributed by atoms with Crippen LogP contribution in [0.1, 0.15) is 29.7 Å². The molecule has 0 saturated carbocycles. The van der Waals surface area contributed by atoms with E-state index in [-0.39, 0.29) is 0 Å². The van der Waals surface area contributed by atoms with E-state index in [9.17, 15) is 20.2 Å². The van der Waals surface area contributed by atoms with Gasteiger partial charge in [0.15, 0.2) is 5.41 Å². The highest BCUT2D eigenvalue weighted by Gasteiger charge is 2.79. The molecule has 0 radical (unpaired) electrons. The summed E-state index contributed by atoms with van der Waals surface area (Å²) in [6.07, 6.45) is -1.17. The highest BCUT2D eigenvalue weighted by Crippen LogP contribution is 2.69. The molecule has 2 aromatic rings. The quantitative estimate of drug-likeness (QED) is 0.810. The van der Waals surface area contributed by atoms with Gasteiger partial charge in [-0.25, -0.2) is 4.39 Å². The molecular weight excluding hydrogens is 383 g/mol. The highest BCUT2D eigenvalue weighted by atomic mass is 19.1. The van der Waals surface area contributed by atoms with E-state index >= 15 is 0 Å². The molecule has 6 nitrogen and oxygen atoms in total. The number of aryl methyl sites for hydroxylation is 1. The van der Waals surface area contributed by atoms with Crippen LogP contribution in [0.25, 0.3) is 0 Å². The molecule has 2 aliphatic heterocycles. The first kappa shape index (κ1) is 19.6. The molecule has 1 N–H and O–H groups in total. The Morgan fingerprint density at radius 2 is 1.63 bits per heavy atom. The molecule has 2 fully saturated rings. The predicted molar refractivity (Wildman–Crippen MR) is 103 cm³/mol. The van der Waals surface area contributed by atoms with Gasteiger partial charge < -0.3 is 9.47 Å². The fourth-order valence-electron chi connectivity index (χ4n) is 4.71. The first-order valence-corrected chi connectivity index (χ1v) is 9.34. The van der Waals surface area contributed by atoms with Gasteiger partial charge in [0.1, 0.15) is 11.9 Å². The summed E-state index contributed by atoms with van der Waals surface area (Å²) < 4.78 is 25.8. The van der Waals surface area contributed by atoms with E-state index in [0.29, 0.717) is 11.1 Å². The molecular formula is C23H17FN4O2. The summed E-state index contributed by atoms with van der Waals surface area (Å²) in [6, 6.07) is 18.6. The third-order valence-electron chi connectivity index (χ3n) is 6.39. The zero-order valence-electron chi connectivity index (χ0n) is 16.3. The van der Waals surface area contributed by atoms with Crippen molar-refractivity contribution in [3.63, 3.8) is 0 Å². The number of nitrogens with zero attached hydrogens (tertiary/aromatic N) is 3. The van der Waals surface area contributed by atoms with Crippen molar-refractivity contribution in [3.05, 3.63) is 71.0 Å². The third kappa shape index (κ3) is 2.09. The van der Waals surface area contributed by atoms with Crippen LogP contribution >= 0.6 is 0 Å². The molecule has 7 heteroatoms. The van der Waals surface area contributed by atoms with Crippen LogP contribution in [0.15, 0.2) is 48.5 Å².